The van der Waals surface area contributed by atoms with Crippen LogP contribution in [-0.2, 0) is 9.47 Å². The van der Waals surface area contributed by atoms with E-state index in [1.165, 1.54) is 19.3 Å². The molecule has 0 aliphatic carbocycles. The zero-order valence-electron chi connectivity index (χ0n) is 9.58. The molecule has 0 aromatic rings. The summed E-state index contributed by atoms with van der Waals surface area (Å²) in [7, 11) is 2.11. The van der Waals surface area contributed by atoms with Crippen LogP contribution in [0.4, 0.5) is 0 Å². The fraction of sp³-hybridized carbons (Fsp3) is 1.00. The van der Waals surface area contributed by atoms with Crippen molar-refractivity contribution in [1.29, 1.82) is 0 Å². The van der Waals surface area contributed by atoms with Crippen molar-refractivity contribution in [2.45, 2.75) is 25.4 Å². The smallest absolute Gasteiger partial charge is 0.0701 e. The van der Waals surface area contributed by atoms with Crippen LogP contribution < -0.4 is 0 Å². The molecule has 1 fully saturated rings. The third-order valence-electron chi connectivity index (χ3n) is 2.63. The molecule has 0 amide bonds. The minimum atomic E-state index is 0.428. The lowest BCUT2D eigenvalue weighted by Crippen LogP contribution is -2.35. The molecule has 1 heterocycles. The molecule has 0 aromatic carbocycles. The molecule has 0 radical (unpaired) electrons. The van der Waals surface area contributed by atoms with E-state index in [9.17, 15) is 0 Å². The first-order valence-corrected chi connectivity index (χ1v) is 6.30. The van der Waals surface area contributed by atoms with Crippen molar-refractivity contribution in [1.82, 2.24) is 4.90 Å². The molecule has 1 unspecified atom stereocenters. The summed E-state index contributed by atoms with van der Waals surface area (Å²) in [6, 6.07) is 0. The number of nitrogens with zero attached hydrogens (tertiary/aromatic N) is 1. The van der Waals surface area contributed by atoms with Gasteiger partial charge in [-0.1, -0.05) is 0 Å². The first kappa shape index (κ1) is 13.2. The van der Waals surface area contributed by atoms with Gasteiger partial charge in [0.2, 0.25) is 0 Å². The van der Waals surface area contributed by atoms with E-state index in [1.807, 2.05) is 0 Å². The summed E-state index contributed by atoms with van der Waals surface area (Å²) >= 11 is 5.51. The van der Waals surface area contributed by atoms with Crippen LogP contribution in [0.1, 0.15) is 19.3 Å². The summed E-state index contributed by atoms with van der Waals surface area (Å²) < 4.78 is 11.0. The molecule has 0 bridgehead atoms. The SMILES string of the molecule is CN(CCOCCCl)CC1CCCCO1. The second-order valence-electron chi connectivity index (χ2n) is 4.05. The quantitative estimate of drug-likeness (QED) is 0.496. The number of ether oxygens (including phenoxy) is 2. The summed E-state index contributed by atoms with van der Waals surface area (Å²) in [5.74, 6) is 0.579. The van der Waals surface area contributed by atoms with Crippen molar-refractivity contribution in [3.05, 3.63) is 0 Å². The molecule has 1 aliphatic rings. The lowest BCUT2D eigenvalue weighted by molar-refractivity contribution is -0.00530. The lowest BCUT2D eigenvalue weighted by atomic mass is 10.1. The fourth-order valence-corrected chi connectivity index (χ4v) is 1.88. The Morgan fingerprint density at radius 3 is 2.93 bits per heavy atom. The predicted octanol–water partition coefficient (Wildman–Crippen LogP) is 1.74. The molecule has 0 N–H and O–H groups in total. The molecule has 1 atom stereocenters. The van der Waals surface area contributed by atoms with E-state index in [1.54, 1.807) is 0 Å². The van der Waals surface area contributed by atoms with Crippen LogP contribution in [0.5, 0.6) is 0 Å². The van der Waals surface area contributed by atoms with Crippen molar-refractivity contribution in [2.75, 3.05) is 45.8 Å². The molecule has 4 heteroatoms. The molecule has 15 heavy (non-hydrogen) atoms. The summed E-state index contributed by atoms with van der Waals surface area (Å²) in [5.41, 5.74) is 0. The maximum absolute atomic E-state index is 5.67. The van der Waals surface area contributed by atoms with Gasteiger partial charge in [-0.05, 0) is 26.3 Å². The van der Waals surface area contributed by atoms with Crippen LogP contribution >= 0.6 is 11.6 Å². The van der Waals surface area contributed by atoms with E-state index in [4.69, 9.17) is 21.1 Å². The first-order chi connectivity index (χ1) is 7.33. The summed E-state index contributed by atoms with van der Waals surface area (Å²) in [4.78, 5) is 2.27. The molecule has 1 saturated heterocycles. The van der Waals surface area contributed by atoms with Gasteiger partial charge in [0, 0.05) is 25.6 Å². The average Bonchev–Trinajstić information content (AvgIpc) is 2.26. The molecule has 3 nitrogen and oxygen atoms in total. The van der Waals surface area contributed by atoms with Gasteiger partial charge in [0.15, 0.2) is 0 Å². The van der Waals surface area contributed by atoms with Gasteiger partial charge in [-0.2, -0.15) is 0 Å². The van der Waals surface area contributed by atoms with Crippen LogP contribution in [-0.4, -0.2) is 56.8 Å². The Kier molecular flexibility index (Phi) is 7.36. The molecule has 0 spiro atoms. The van der Waals surface area contributed by atoms with Crippen molar-refractivity contribution in [3.8, 4) is 0 Å². The van der Waals surface area contributed by atoms with E-state index < -0.39 is 0 Å². The van der Waals surface area contributed by atoms with Gasteiger partial charge >= 0.3 is 0 Å². The Hall–Kier alpha value is 0.170. The number of hydrogen-bond donors (Lipinski definition) is 0. The molecule has 90 valence electrons. The number of rotatable bonds is 7. The van der Waals surface area contributed by atoms with Gasteiger partial charge in [-0.3, -0.25) is 0 Å². The van der Waals surface area contributed by atoms with Gasteiger partial charge in [0.25, 0.3) is 0 Å². The highest BCUT2D eigenvalue weighted by molar-refractivity contribution is 6.17. The van der Waals surface area contributed by atoms with Gasteiger partial charge in [-0.25, -0.2) is 0 Å². The topological polar surface area (TPSA) is 21.7 Å². The number of hydrogen-bond acceptors (Lipinski definition) is 3. The van der Waals surface area contributed by atoms with Crippen LogP contribution in [0.3, 0.4) is 0 Å². The molecule has 1 aliphatic heterocycles. The van der Waals surface area contributed by atoms with Gasteiger partial charge in [0.1, 0.15) is 0 Å². The van der Waals surface area contributed by atoms with Gasteiger partial charge in [-0.15, -0.1) is 11.6 Å². The van der Waals surface area contributed by atoms with Crippen LogP contribution in [0, 0.1) is 0 Å². The van der Waals surface area contributed by atoms with Crippen LogP contribution in [0.15, 0.2) is 0 Å². The Bertz CT molecular complexity index is 152. The second kappa shape index (κ2) is 8.34. The minimum absolute atomic E-state index is 0.428. The predicted molar refractivity (Wildman–Crippen MR) is 62.6 cm³/mol. The highest BCUT2D eigenvalue weighted by Crippen LogP contribution is 2.13. The number of likely N-dealkylation sites (N-methyl/N-ethyl adjacent to an activating group) is 1. The van der Waals surface area contributed by atoms with E-state index in [0.717, 1.165) is 26.3 Å². The highest BCUT2D eigenvalue weighted by Gasteiger charge is 2.15. The van der Waals surface area contributed by atoms with E-state index in [2.05, 4.69) is 11.9 Å². The largest absolute Gasteiger partial charge is 0.379 e. The first-order valence-electron chi connectivity index (χ1n) is 5.77. The highest BCUT2D eigenvalue weighted by atomic mass is 35.5. The molecular weight excluding hydrogens is 214 g/mol. The normalized spacial score (nSPS) is 22.2. The second-order valence-corrected chi connectivity index (χ2v) is 4.43. The third-order valence-corrected chi connectivity index (χ3v) is 2.78. The summed E-state index contributed by atoms with van der Waals surface area (Å²) in [5, 5.41) is 0. The van der Waals surface area contributed by atoms with Gasteiger partial charge in [0.05, 0.1) is 19.3 Å². The maximum Gasteiger partial charge on any atom is 0.0701 e. The van der Waals surface area contributed by atoms with Gasteiger partial charge < -0.3 is 14.4 Å². The third kappa shape index (κ3) is 6.36. The summed E-state index contributed by atoms with van der Waals surface area (Å²) in [6.45, 7) is 4.31. The zero-order valence-corrected chi connectivity index (χ0v) is 10.3. The Morgan fingerprint density at radius 1 is 1.40 bits per heavy atom. The molecule has 0 saturated carbocycles. The van der Waals surface area contributed by atoms with Crippen LogP contribution in [0.2, 0.25) is 0 Å². The monoisotopic (exact) mass is 235 g/mol. The minimum Gasteiger partial charge on any atom is -0.379 e. The Morgan fingerprint density at radius 2 is 2.27 bits per heavy atom. The van der Waals surface area contributed by atoms with Crippen molar-refractivity contribution >= 4 is 11.6 Å². The lowest BCUT2D eigenvalue weighted by Gasteiger charge is -2.27. The molecule has 0 aromatic heterocycles. The van der Waals surface area contributed by atoms with E-state index >= 15 is 0 Å². The van der Waals surface area contributed by atoms with Crippen molar-refractivity contribution < 1.29 is 9.47 Å². The number of alkyl halides is 1. The van der Waals surface area contributed by atoms with E-state index in [-0.39, 0.29) is 0 Å². The van der Waals surface area contributed by atoms with Crippen molar-refractivity contribution in [2.24, 2.45) is 0 Å². The number of halogens is 1. The van der Waals surface area contributed by atoms with Crippen molar-refractivity contribution in [3.63, 3.8) is 0 Å². The Labute approximate surface area is 97.7 Å². The standard InChI is InChI=1S/C11H22ClNO2/c1-13(6-9-14-8-5-12)10-11-4-2-3-7-15-11/h11H,2-10H2,1H3. The van der Waals surface area contributed by atoms with Crippen LogP contribution in [0.25, 0.3) is 0 Å². The fourth-order valence-electron chi connectivity index (χ4n) is 1.77. The summed E-state index contributed by atoms with van der Waals surface area (Å²) in [6.07, 6.45) is 4.16. The molecule has 1 rings (SSSR count). The average molecular weight is 236 g/mol. The molecular formula is C11H22ClNO2. The van der Waals surface area contributed by atoms with E-state index in [0.29, 0.717) is 18.6 Å². The Balaban J connectivity index is 1.98. The maximum atomic E-state index is 5.67. The zero-order chi connectivity index (χ0) is 10.9.